The lowest BCUT2D eigenvalue weighted by Crippen LogP contribution is -2.51. The molecule has 3 rings (SSSR count). The van der Waals surface area contributed by atoms with Gasteiger partial charge in [0.05, 0.1) is 24.5 Å². The fourth-order valence-electron chi connectivity index (χ4n) is 3.35. The lowest BCUT2D eigenvalue weighted by atomic mass is 10.0. The minimum Gasteiger partial charge on any atom is -0.376 e. The number of hydrogen-bond donors (Lipinski definition) is 1. The molecule has 3 heterocycles. The first-order valence-corrected chi connectivity index (χ1v) is 7.80. The molecule has 1 N–H and O–H groups in total. The number of piperidine rings is 1. The highest BCUT2D eigenvalue weighted by atomic mass is 16.5. The highest BCUT2D eigenvalue weighted by Crippen LogP contribution is 2.21. The molecule has 21 heavy (non-hydrogen) atoms. The summed E-state index contributed by atoms with van der Waals surface area (Å²) in [6.07, 6.45) is 4.06. The number of carbonyl (C=O) groups is 1. The Bertz CT molecular complexity index is 494. The van der Waals surface area contributed by atoms with Crippen molar-refractivity contribution in [3.8, 4) is 0 Å². The van der Waals surface area contributed by atoms with Crippen molar-refractivity contribution in [3.05, 3.63) is 17.5 Å². The number of aromatic amines is 1. The Morgan fingerprint density at radius 2 is 2.14 bits per heavy atom. The van der Waals surface area contributed by atoms with E-state index in [2.05, 4.69) is 22.0 Å². The van der Waals surface area contributed by atoms with Crippen LogP contribution >= 0.6 is 0 Å². The van der Waals surface area contributed by atoms with Crippen molar-refractivity contribution >= 4 is 5.91 Å². The normalized spacial score (nSPS) is 25.2. The van der Waals surface area contributed by atoms with Crippen molar-refractivity contribution in [2.24, 2.45) is 0 Å². The Balaban J connectivity index is 1.55. The van der Waals surface area contributed by atoms with Gasteiger partial charge < -0.3 is 9.64 Å². The van der Waals surface area contributed by atoms with Crippen molar-refractivity contribution in [1.29, 1.82) is 0 Å². The second-order valence-corrected chi connectivity index (χ2v) is 6.11. The van der Waals surface area contributed by atoms with Gasteiger partial charge in [-0.25, -0.2) is 0 Å². The summed E-state index contributed by atoms with van der Waals surface area (Å²) in [4.78, 5) is 16.9. The zero-order valence-corrected chi connectivity index (χ0v) is 12.8. The minimum absolute atomic E-state index is 0.107. The molecule has 2 fully saturated rings. The quantitative estimate of drug-likeness (QED) is 0.885. The van der Waals surface area contributed by atoms with E-state index in [0.717, 1.165) is 51.3 Å². The van der Waals surface area contributed by atoms with Gasteiger partial charge in [-0.2, -0.15) is 5.10 Å². The monoisotopic (exact) mass is 292 g/mol. The first kappa shape index (κ1) is 14.5. The second-order valence-electron chi connectivity index (χ2n) is 6.11. The number of H-pyrrole nitrogens is 1. The van der Waals surface area contributed by atoms with Gasteiger partial charge in [-0.15, -0.1) is 0 Å². The number of ether oxygens (including phenoxy) is 1. The Kier molecular flexibility index (Phi) is 4.26. The number of nitrogens with one attached hydrogen (secondary N) is 1. The number of likely N-dealkylation sites (tertiary alicyclic amines) is 1. The molecule has 0 bridgehead atoms. The number of nitrogens with zero attached hydrogens (tertiary/aromatic N) is 3. The molecule has 1 amide bonds. The van der Waals surface area contributed by atoms with Crippen LogP contribution in [0.15, 0.2) is 6.20 Å². The van der Waals surface area contributed by atoms with Crippen molar-refractivity contribution in [3.63, 3.8) is 0 Å². The molecule has 1 aromatic rings. The summed E-state index contributed by atoms with van der Waals surface area (Å²) in [5.74, 6) is 0.107. The van der Waals surface area contributed by atoms with E-state index in [1.807, 2.05) is 11.8 Å². The third-order valence-electron chi connectivity index (χ3n) is 4.60. The summed E-state index contributed by atoms with van der Waals surface area (Å²) < 4.78 is 5.60. The standard InChI is InChI=1S/C15H24N4O2/c1-11-10-19(7-8-21-11)13-3-5-18(6-4-13)15(20)14-9-16-17-12(14)2/h9,11,13H,3-8,10H2,1-2H3,(H,16,17)/t11-/m1/s1. The van der Waals surface area contributed by atoms with Gasteiger partial charge in [-0.1, -0.05) is 0 Å². The highest BCUT2D eigenvalue weighted by molar-refractivity contribution is 5.95. The summed E-state index contributed by atoms with van der Waals surface area (Å²) in [7, 11) is 0. The van der Waals surface area contributed by atoms with Gasteiger partial charge in [-0.05, 0) is 26.7 Å². The molecule has 1 aromatic heterocycles. The van der Waals surface area contributed by atoms with Crippen LogP contribution in [-0.2, 0) is 4.74 Å². The average molecular weight is 292 g/mol. The summed E-state index contributed by atoms with van der Waals surface area (Å²) in [5, 5.41) is 6.77. The molecule has 2 aliphatic heterocycles. The van der Waals surface area contributed by atoms with Gasteiger partial charge in [0, 0.05) is 37.9 Å². The van der Waals surface area contributed by atoms with Gasteiger partial charge in [0.25, 0.3) is 5.91 Å². The number of aryl methyl sites for hydroxylation is 1. The van der Waals surface area contributed by atoms with Crippen LogP contribution < -0.4 is 0 Å². The van der Waals surface area contributed by atoms with Gasteiger partial charge in [0.15, 0.2) is 0 Å². The van der Waals surface area contributed by atoms with E-state index in [4.69, 9.17) is 4.74 Å². The van der Waals surface area contributed by atoms with Crippen molar-refractivity contribution < 1.29 is 9.53 Å². The number of amides is 1. The number of hydrogen-bond acceptors (Lipinski definition) is 4. The van der Waals surface area contributed by atoms with Crippen LogP contribution in [0.3, 0.4) is 0 Å². The Labute approximate surface area is 125 Å². The number of carbonyl (C=O) groups excluding carboxylic acids is 1. The zero-order chi connectivity index (χ0) is 14.8. The largest absolute Gasteiger partial charge is 0.376 e. The van der Waals surface area contributed by atoms with E-state index in [-0.39, 0.29) is 5.91 Å². The summed E-state index contributed by atoms with van der Waals surface area (Å²) >= 11 is 0. The van der Waals surface area contributed by atoms with Crippen LogP contribution in [0, 0.1) is 6.92 Å². The molecule has 116 valence electrons. The van der Waals surface area contributed by atoms with E-state index in [0.29, 0.717) is 17.7 Å². The van der Waals surface area contributed by atoms with Gasteiger partial charge in [0.1, 0.15) is 0 Å². The minimum atomic E-state index is 0.107. The molecule has 6 nitrogen and oxygen atoms in total. The third-order valence-corrected chi connectivity index (χ3v) is 4.60. The maximum absolute atomic E-state index is 12.4. The Morgan fingerprint density at radius 3 is 2.76 bits per heavy atom. The van der Waals surface area contributed by atoms with Gasteiger partial charge >= 0.3 is 0 Å². The van der Waals surface area contributed by atoms with E-state index >= 15 is 0 Å². The fraction of sp³-hybridized carbons (Fsp3) is 0.733. The number of morpholine rings is 1. The maximum Gasteiger partial charge on any atom is 0.257 e. The summed E-state index contributed by atoms with van der Waals surface area (Å²) in [6.45, 7) is 8.55. The van der Waals surface area contributed by atoms with Crippen LogP contribution in [0.1, 0.15) is 35.8 Å². The molecule has 2 aliphatic rings. The Morgan fingerprint density at radius 1 is 1.38 bits per heavy atom. The average Bonchev–Trinajstić information content (AvgIpc) is 2.93. The molecule has 0 aromatic carbocycles. The molecule has 0 aliphatic carbocycles. The predicted octanol–water partition coefficient (Wildman–Crippen LogP) is 1.04. The van der Waals surface area contributed by atoms with E-state index < -0.39 is 0 Å². The number of rotatable bonds is 2. The van der Waals surface area contributed by atoms with E-state index in [1.54, 1.807) is 6.20 Å². The summed E-state index contributed by atoms with van der Waals surface area (Å²) in [6, 6.07) is 0.589. The fourth-order valence-corrected chi connectivity index (χ4v) is 3.35. The first-order valence-electron chi connectivity index (χ1n) is 7.80. The molecule has 0 unspecified atom stereocenters. The predicted molar refractivity (Wildman–Crippen MR) is 79.2 cm³/mol. The second kappa shape index (κ2) is 6.15. The van der Waals surface area contributed by atoms with Crippen molar-refractivity contribution in [2.45, 2.75) is 38.8 Å². The van der Waals surface area contributed by atoms with Crippen LogP contribution in [0.2, 0.25) is 0 Å². The molecule has 6 heteroatoms. The van der Waals surface area contributed by atoms with Crippen LogP contribution in [0.5, 0.6) is 0 Å². The lowest BCUT2D eigenvalue weighted by molar-refractivity contribution is -0.0423. The SMILES string of the molecule is Cc1[nH]ncc1C(=O)N1CCC(N2CCO[C@H](C)C2)CC1. The molecule has 0 saturated carbocycles. The summed E-state index contributed by atoms with van der Waals surface area (Å²) in [5.41, 5.74) is 1.55. The Hall–Kier alpha value is -1.40. The smallest absolute Gasteiger partial charge is 0.257 e. The van der Waals surface area contributed by atoms with Gasteiger partial charge in [0.2, 0.25) is 0 Å². The number of aromatic nitrogens is 2. The first-order chi connectivity index (χ1) is 10.1. The van der Waals surface area contributed by atoms with Crippen LogP contribution in [0.25, 0.3) is 0 Å². The molecule has 2 saturated heterocycles. The zero-order valence-electron chi connectivity index (χ0n) is 12.8. The topological polar surface area (TPSA) is 61.5 Å². The highest BCUT2D eigenvalue weighted by Gasteiger charge is 2.30. The van der Waals surface area contributed by atoms with Crippen LogP contribution in [0.4, 0.5) is 0 Å². The van der Waals surface area contributed by atoms with E-state index in [1.165, 1.54) is 0 Å². The van der Waals surface area contributed by atoms with Crippen molar-refractivity contribution in [2.75, 3.05) is 32.8 Å². The lowest BCUT2D eigenvalue weighted by Gasteiger charge is -2.41. The molecular weight excluding hydrogens is 268 g/mol. The molecule has 0 spiro atoms. The third kappa shape index (κ3) is 3.11. The maximum atomic E-state index is 12.4. The molecule has 0 radical (unpaired) electrons. The molecular formula is C15H24N4O2. The van der Waals surface area contributed by atoms with Gasteiger partial charge in [-0.3, -0.25) is 14.8 Å². The van der Waals surface area contributed by atoms with Crippen LogP contribution in [-0.4, -0.2) is 70.8 Å². The molecule has 1 atom stereocenters. The van der Waals surface area contributed by atoms with Crippen molar-refractivity contribution in [1.82, 2.24) is 20.0 Å². The van der Waals surface area contributed by atoms with E-state index in [9.17, 15) is 4.79 Å².